The van der Waals surface area contributed by atoms with Gasteiger partial charge in [-0.1, -0.05) is 18.5 Å². The molecule has 1 atom stereocenters. The van der Waals surface area contributed by atoms with Gasteiger partial charge in [0.1, 0.15) is 11.0 Å². The molecule has 0 aliphatic heterocycles. The molecule has 1 rings (SSSR count). The third-order valence-corrected chi connectivity index (χ3v) is 2.87. The maximum Gasteiger partial charge on any atom is 0.416 e. The summed E-state index contributed by atoms with van der Waals surface area (Å²) in [5.74, 6) is -0.00627. The molecule has 0 fully saturated rings. The van der Waals surface area contributed by atoms with Crippen molar-refractivity contribution in [1.82, 2.24) is 4.98 Å². The molecule has 0 bridgehead atoms. The minimum Gasteiger partial charge on any atom is -0.394 e. The summed E-state index contributed by atoms with van der Waals surface area (Å²) in [7, 11) is 0. The van der Waals surface area contributed by atoms with Crippen molar-refractivity contribution in [2.75, 3.05) is 11.9 Å². The third kappa shape index (κ3) is 3.74. The monoisotopic (exact) mass is 282 g/mol. The van der Waals surface area contributed by atoms with E-state index in [0.29, 0.717) is 6.42 Å². The van der Waals surface area contributed by atoms with Crippen LogP contribution in [-0.4, -0.2) is 22.2 Å². The molecule has 1 aromatic rings. The highest BCUT2D eigenvalue weighted by atomic mass is 35.5. The number of halogens is 4. The number of nitrogens with one attached hydrogen (secondary N) is 1. The Hall–Kier alpha value is -1.01. The first-order valence-corrected chi connectivity index (χ1v) is 5.72. The molecule has 18 heavy (non-hydrogen) atoms. The fourth-order valence-electron chi connectivity index (χ4n) is 1.27. The van der Waals surface area contributed by atoms with E-state index in [4.69, 9.17) is 11.6 Å². The van der Waals surface area contributed by atoms with Crippen molar-refractivity contribution in [2.24, 2.45) is 0 Å². The van der Waals surface area contributed by atoms with Gasteiger partial charge in [-0.15, -0.1) is 0 Å². The number of aliphatic hydroxyl groups excluding tert-OH is 1. The molecule has 1 unspecified atom stereocenters. The fourth-order valence-corrected chi connectivity index (χ4v) is 1.48. The van der Waals surface area contributed by atoms with Crippen molar-refractivity contribution in [3.63, 3.8) is 0 Å². The first-order chi connectivity index (χ1) is 8.20. The maximum atomic E-state index is 12.6. The van der Waals surface area contributed by atoms with Gasteiger partial charge >= 0.3 is 6.18 Å². The quantitative estimate of drug-likeness (QED) is 0.833. The molecule has 0 saturated heterocycles. The average Bonchev–Trinajstić information content (AvgIpc) is 2.27. The molecule has 0 aliphatic carbocycles. The van der Waals surface area contributed by atoms with E-state index in [9.17, 15) is 18.3 Å². The lowest BCUT2D eigenvalue weighted by Gasteiger charge is -2.28. The summed E-state index contributed by atoms with van der Waals surface area (Å²) < 4.78 is 37.7. The van der Waals surface area contributed by atoms with Gasteiger partial charge in [-0.25, -0.2) is 4.98 Å². The van der Waals surface area contributed by atoms with Gasteiger partial charge in [0.05, 0.1) is 17.7 Å². The fraction of sp³-hybridized carbons (Fsp3) is 0.545. The first kappa shape index (κ1) is 15.0. The number of anilines is 1. The normalized spacial score (nSPS) is 15.3. The van der Waals surface area contributed by atoms with Gasteiger partial charge in [-0.2, -0.15) is 13.2 Å². The number of pyridine rings is 1. The van der Waals surface area contributed by atoms with Gasteiger partial charge in [0.2, 0.25) is 0 Å². The van der Waals surface area contributed by atoms with Gasteiger partial charge in [0.25, 0.3) is 0 Å². The number of hydrogen-bond acceptors (Lipinski definition) is 3. The van der Waals surface area contributed by atoms with Gasteiger partial charge in [-0.05, 0) is 25.5 Å². The molecule has 7 heteroatoms. The lowest BCUT2D eigenvalue weighted by atomic mass is 10.0. The summed E-state index contributed by atoms with van der Waals surface area (Å²) >= 11 is 5.56. The highest BCUT2D eigenvalue weighted by molar-refractivity contribution is 6.29. The van der Waals surface area contributed by atoms with E-state index < -0.39 is 17.3 Å². The lowest BCUT2D eigenvalue weighted by molar-refractivity contribution is -0.137. The zero-order valence-corrected chi connectivity index (χ0v) is 10.7. The summed E-state index contributed by atoms with van der Waals surface area (Å²) in [4.78, 5) is 3.77. The zero-order valence-electron chi connectivity index (χ0n) is 9.98. The Morgan fingerprint density at radius 2 is 2.00 bits per heavy atom. The second-order valence-corrected chi connectivity index (χ2v) is 4.65. The molecule has 102 valence electrons. The molecular weight excluding hydrogens is 269 g/mol. The van der Waals surface area contributed by atoms with Crippen molar-refractivity contribution in [3.8, 4) is 0 Å². The van der Waals surface area contributed by atoms with Crippen molar-refractivity contribution in [3.05, 3.63) is 22.8 Å². The van der Waals surface area contributed by atoms with Crippen LogP contribution in [0.5, 0.6) is 0 Å². The van der Waals surface area contributed by atoms with Crippen LogP contribution >= 0.6 is 11.6 Å². The number of aliphatic hydroxyl groups is 1. The molecule has 0 spiro atoms. The summed E-state index contributed by atoms with van der Waals surface area (Å²) in [6.07, 6.45) is -3.95. The Morgan fingerprint density at radius 3 is 2.44 bits per heavy atom. The van der Waals surface area contributed by atoms with Crippen LogP contribution < -0.4 is 5.32 Å². The Labute approximate surface area is 108 Å². The highest BCUT2D eigenvalue weighted by Gasteiger charge is 2.32. The molecule has 0 aliphatic rings. The van der Waals surface area contributed by atoms with E-state index in [-0.39, 0.29) is 17.6 Å². The standard InChI is InChI=1S/C11H14ClF3N2O/c1-3-10(2,6-18)17-9-5-7(11(13,14)15)4-8(12)16-9/h4-5,18H,3,6H2,1-2H3,(H,16,17). The van der Waals surface area contributed by atoms with Crippen molar-refractivity contribution in [1.29, 1.82) is 0 Å². The van der Waals surface area contributed by atoms with E-state index in [0.717, 1.165) is 12.1 Å². The number of alkyl halides is 3. The predicted molar refractivity (Wildman–Crippen MR) is 63.7 cm³/mol. The van der Waals surface area contributed by atoms with Crippen LogP contribution in [0.1, 0.15) is 25.8 Å². The van der Waals surface area contributed by atoms with Gasteiger partial charge in [0, 0.05) is 0 Å². The smallest absolute Gasteiger partial charge is 0.394 e. The lowest BCUT2D eigenvalue weighted by Crippen LogP contribution is -2.38. The molecule has 0 aromatic carbocycles. The van der Waals surface area contributed by atoms with E-state index in [1.165, 1.54) is 0 Å². The number of nitrogens with zero attached hydrogens (tertiary/aromatic N) is 1. The Bertz CT molecular complexity index is 419. The minimum absolute atomic E-state index is 0.00627. The molecule has 1 aromatic heterocycles. The number of aromatic nitrogens is 1. The summed E-state index contributed by atoms with van der Waals surface area (Å²) in [6, 6.07) is 1.63. The number of hydrogen-bond donors (Lipinski definition) is 2. The van der Waals surface area contributed by atoms with Crippen molar-refractivity contribution in [2.45, 2.75) is 32.0 Å². The van der Waals surface area contributed by atoms with E-state index in [1.54, 1.807) is 13.8 Å². The van der Waals surface area contributed by atoms with Crippen LogP contribution in [0.15, 0.2) is 12.1 Å². The molecule has 2 N–H and O–H groups in total. The summed E-state index contributed by atoms with van der Waals surface area (Å²) in [5.41, 5.74) is -1.61. The molecule has 3 nitrogen and oxygen atoms in total. The molecular formula is C11H14ClF3N2O. The van der Waals surface area contributed by atoms with Crippen molar-refractivity contribution >= 4 is 17.4 Å². The van der Waals surface area contributed by atoms with Crippen LogP contribution in [0.4, 0.5) is 19.0 Å². The van der Waals surface area contributed by atoms with E-state index in [1.807, 2.05) is 0 Å². The van der Waals surface area contributed by atoms with Crippen LogP contribution in [0, 0.1) is 0 Å². The summed E-state index contributed by atoms with van der Waals surface area (Å²) in [6.45, 7) is 3.26. The van der Waals surface area contributed by atoms with E-state index in [2.05, 4.69) is 10.3 Å². The maximum absolute atomic E-state index is 12.6. The van der Waals surface area contributed by atoms with E-state index >= 15 is 0 Å². The zero-order chi connectivity index (χ0) is 14.0. The topological polar surface area (TPSA) is 45.1 Å². The minimum atomic E-state index is -4.48. The van der Waals surface area contributed by atoms with Crippen LogP contribution in [0.25, 0.3) is 0 Å². The summed E-state index contributed by atoms with van der Waals surface area (Å²) in [5, 5.41) is 11.7. The van der Waals surface area contributed by atoms with Crippen molar-refractivity contribution < 1.29 is 18.3 Å². The Balaban J connectivity index is 3.08. The van der Waals surface area contributed by atoms with Crippen LogP contribution in [0.2, 0.25) is 5.15 Å². The second-order valence-electron chi connectivity index (χ2n) is 4.26. The first-order valence-electron chi connectivity index (χ1n) is 5.34. The van der Waals surface area contributed by atoms with Gasteiger partial charge in [0.15, 0.2) is 0 Å². The second kappa shape index (κ2) is 5.32. The van der Waals surface area contributed by atoms with Crippen LogP contribution in [-0.2, 0) is 6.18 Å². The van der Waals surface area contributed by atoms with Crippen LogP contribution in [0.3, 0.4) is 0 Å². The Morgan fingerprint density at radius 1 is 1.39 bits per heavy atom. The highest BCUT2D eigenvalue weighted by Crippen LogP contribution is 2.32. The molecule has 0 radical (unpaired) electrons. The molecule has 1 heterocycles. The molecule has 0 amide bonds. The Kier molecular flexibility index (Phi) is 4.45. The predicted octanol–water partition coefficient (Wildman–Crippen LogP) is 3.33. The number of rotatable bonds is 4. The van der Waals surface area contributed by atoms with Gasteiger partial charge < -0.3 is 10.4 Å². The van der Waals surface area contributed by atoms with Gasteiger partial charge in [-0.3, -0.25) is 0 Å². The largest absolute Gasteiger partial charge is 0.416 e. The molecule has 0 saturated carbocycles. The third-order valence-electron chi connectivity index (χ3n) is 2.68. The average molecular weight is 283 g/mol. The SMILES string of the molecule is CCC(C)(CO)Nc1cc(C(F)(F)F)cc(Cl)n1.